The van der Waals surface area contributed by atoms with Crippen molar-refractivity contribution < 1.29 is 0 Å². The Hall–Kier alpha value is -0.0400. The smallest absolute Gasteiger partial charge is 0.00112 e. The lowest BCUT2D eigenvalue weighted by atomic mass is 9.74. The molecular weight excluding hydrogens is 158 g/mol. The Kier molecular flexibility index (Phi) is 1.90. The molecule has 3 rings (SSSR count). The molecule has 2 saturated carbocycles. The molecular formula is C12H21N. The van der Waals surface area contributed by atoms with Crippen molar-refractivity contribution in [3.8, 4) is 0 Å². The van der Waals surface area contributed by atoms with Gasteiger partial charge in [-0.2, -0.15) is 0 Å². The molecule has 0 unspecified atom stereocenters. The molecule has 0 aromatic rings. The first-order chi connectivity index (χ1) is 6.41. The van der Waals surface area contributed by atoms with Gasteiger partial charge < -0.3 is 5.32 Å². The monoisotopic (exact) mass is 179 g/mol. The van der Waals surface area contributed by atoms with Crippen molar-refractivity contribution in [2.24, 2.45) is 17.3 Å². The van der Waals surface area contributed by atoms with E-state index in [1.54, 1.807) is 0 Å². The Morgan fingerprint density at radius 3 is 2.46 bits per heavy atom. The summed E-state index contributed by atoms with van der Waals surface area (Å²) in [7, 11) is 0. The van der Waals surface area contributed by atoms with Gasteiger partial charge in [-0.05, 0) is 36.6 Å². The normalized spacial score (nSPS) is 38.3. The van der Waals surface area contributed by atoms with Gasteiger partial charge in [0.1, 0.15) is 0 Å². The first kappa shape index (κ1) is 8.28. The second-order valence-corrected chi connectivity index (χ2v) is 5.50. The Morgan fingerprint density at radius 2 is 1.77 bits per heavy atom. The minimum Gasteiger partial charge on any atom is -0.316 e. The van der Waals surface area contributed by atoms with Gasteiger partial charge in [-0.1, -0.05) is 32.1 Å². The fraction of sp³-hybridized carbons (Fsp3) is 1.00. The summed E-state index contributed by atoms with van der Waals surface area (Å²) in [6, 6.07) is 0. The van der Waals surface area contributed by atoms with Crippen LogP contribution in [0.15, 0.2) is 0 Å². The highest BCUT2D eigenvalue weighted by Gasteiger charge is 2.54. The first-order valence-corrected chi connectivity index (χ1v) is 6.11. The highest BCUT2D eigenvalue weighted by atomic mass is 15.0. The van der Waals surface area contributed by atoms with Crippen LogP contribution in [0.1, 0.15) is 44.9 Å². The number of hydrogen-bond donors (Lipinski definition) is 1. The van der Waals surface area contributed by atoms with E-state index in [0.29, 0.717) is 0 Å². The summed E-state index contributed by atoms with van der Waals surface area (Å²) in [5.41, 5.74) is 0.808. The fourth-order valence-electron chi connectivity index (χ4n) is 3.74. The molecule has 0 aromatic carbocycles. The van der Waals surface area contributed by atoms with Crippen LogP contribution < -0.4 is 5.32 Å². The molecule has 3 fully saturated rings. The third-order valence-corrected chi connectivity index (χ3v) is 4.74. The number of hydrogen-bond acceptors (Lipinski definition) is 1. The van der Waals surface area contributed by atoms with Crippen LogP contribution in [0.2, 0.25) is 0 Å². The zero-order valence-electron chi connectivity index (χ0n) is 8.52. The molecule has 1 N–H and O–H groups in total. The zero-order valence-corrected chi connectivity index (χ0v) is 8.52. The summed E-state index contributed by atoms with van der Waals surface area (Å²) in [4.78, 5) is 0. The SMILES string of the molecule is C1CCC([C@H]2CNCC23CC3)CC1. The van der Waals surface area contributed by atoms with Crippen LogP contribution in [0.4, 0.5) is 0 Å². The van der Waals surface area contributed by atoms with Crippen molar-refractivity contribution >= 4 is 0 Å². The fourth-order valence-corrected chi connectivity index (χ4v) is 3.74. The molecule has 74 valence electrons. The van der Waals surface area contributed by atoms with Gasteiger partial charge in [-0.3, -0.25) is 0 Å². The molecule has 1 aliphatic heterocycles. The Bertz CT molecular complexity index is 189. The molecule has 3 aliphatic rings. The van der Waals surface area contributed by atoms with E-state index in [9.17, 15) is 0 Å². The molecule has 1 heterocycles. The quantitative estimate of drug-likeness (QED) is 0.652. The van der Waals surface area contributed by atoms with Crippen LogP contribution in [0.25, 0.3) is 0 Å². The van der Waals surface area contributed by atoms with Gasteiger partial charge in [-0.15, -0.1) is 0 Å². The lowest BCUT2D eigenvalue weighted by Gasteiger charge is -2.31. The van der Waals surface area contributed by atoms with E-state index in [4.69, 9.17) is 0 Å². The van der Waals surface area contributed by atoms with Crippen LogP contribution in [0, 0.1) is 17.3 Å². The van der Waals surface area contributed by atoms with Crippen LogP contribution in [-0.4, -0.2) is 13.1 Å². The molecule has 13 heavy (non-hydrogen) atoms. The van der Waals surface area contributed by atoms with E-state index in [-0.39, 0.29) is 0 Å². The van der Waals surface area contributed by atoms with Crippen LogP contribution in [0.3, 0.4) is 0 Å². The molecule has 1 spiro atoms. The maximum atomic E-state index is 3.62. The third kappa shape index (κ3) is 1.32. The molecule has 1 nitrogen and oxygen atoms in total. The highest BCUT2D eigenvalue weighted by molar-refractivity contribution is 5.06. The van der Waals surface area contributed by atoms with Crippen LogP contribution in [-0.2, 0) is 0 Å². The third-order valence-electron chi connectivity index (χ3n) is 4.74. The second-order valence-electron chi connectivity index (χ2n) is 5.50. The van der Waals surface area contributed by atoms with Crippen LogP contribution in [0.5, 0.6) is 0 Å². The maximum absolute atomic E-state index is 3.62. The van der Waals surface area contributed by atoms with Gasteiger partial charge in [0.25, 0.3) is 0 Å². The Morgan fingerprint density at radius 1 is 1.00 bits per heavy atom. The first-order valence-electron chi connectivity index (χ1n) is 6.11. The summed E-state index contributed by atoms with van der Waals surface area (Å²) in [6.45, 7) is 2.68. The van der Waals surface area contributed by atoms with Gasteiger partial charge in [0.2, 0.25) is 0 Å². The Balaban J connectivity index is 1.69. The standard InChI is InChI=1S/C12H21N/c1-2-4-10(5-3-1)11-8-13-9-12(11)6-7-12/h10-11,13H,1-9H2/t11-/m1/s1. The second kappa shape index (κ2) is 2.98. The van der Waals surface area contributed by atoms with Gasteiger partial charge in [-0.25, -0.2) is 0 Å². The predicted molar refractivity (Wildman–Crippen MR) is 54.6 cm³/mol. The van der Waals surface area contributed by atoms with Crippen molar-refractivity contribution in [1.82, 2.24) is 5.32 Å². The molecule has 1 saturated heterocycles. The molecule has 0 aromatic heterocycles. The highest BCUT2D eigenvalue weighted by Crippen LogP contribution is 2.57. The summed E-state index contributed by atoms with van der Waals surface area (Å²) in [6.07, 6.45) is 10.7. The van der Waals surface area contributed by atoms with E-state index in [1.165, 1.54) is 58.0 Å². The molecule has 1 heteroatoms. The summed E-state index contributed by atoms with van der Waals surface area (Å²) < 4.78 is 0. The van der Waals surface area contributed by atoms with E-state index in [2.05, 4.69) is 5.32 Å². The summed E-state index contributed by atoms with van der Waals surface area (Å²) in [5, 5.41) is 3.62. The summed E-state index contributed by atoms with van der Waals surface area (Å²) in [5.74, 6) is 2.15. The minimum absolute atomic E-state index is 0.808. The molecule has 0 radical (unpaired) electrons. The van der Waals surface area contributed by atoms with E-state index >= 15 is 0 Å². The predicted octanol–water partition coefficient (Wildman–Crippen LogP) is 2.57. The lowest BCUT2D eigenvalue weighted by molar-refractivity contribution is 0.205. The average molecular weight is 179 g/mol. The van der Waals surface area contributed by atoms with E-state index in [0.717, 1.165) is 17.3 Å². The summed E-state index contributed by atoms with van der Waals surface area (Å²) >= 11 is 0. The molecule has 0 bridgehead atoms. The van der Waals surface area contributed by atoms with E-state index < -0.39 is 0 Å². The lowest BCUT2D eigenvalue weighted by Crippen LogP contribution is -2.25. The van der Waals surface area contributed by atoms with Crippen molar-refractivity contribution in [3.05, 3.63) is 0 Å². The molecule has 1 atom stereocenters. The molecule has 0 amide bonds. The minimum atomic E-state index is 0.808. The van der Waals surface area contributed by atoms with Crippen molar-refractivity contribution in [2.75, 3.05) is 13.1 Å². The van der Waals surface area contributed by atoms with Crippen LogP contribution >= 0.6 is 0 Å². The average Bonchev–Trinajstić information content (AvgIpc) is 2.80. The van der Waals surface area contributed by atoms with Gasteiger partial charge in [0.05, 0.1) is 0 Å². The molecule has 2 aliphatic carbocycles. The number of rotatable bonds is 1. The maximum Gasteiger partial charge on any atom is 0.00112 e. The largest absolute Gasteiger partial charge is 0.316 e. The van der Waals surface area contributed by atoms with Crippen molar-refractivity contribution in [1.29, 1.82) is 0 Å². The topological polar surface area (TPSA) is 12.0 Å². The van der Waals surface area contributed by atoms with Crippen molar-refractivity contribution in [2.45, 2.75) is 44.9 Å². The van der Waals surface area contributed by atoms with E-state index in [1.807, 2.05) is 0 Å². The van der Waals surface area contributed by atoms with Crippen molar-refractivity contribution in [3.63, 3.8) is 0 Å². The zero-order chi connectivity index (χ0) is 8.73. The van der Waals surface area contributed by atoms with Gasteiger partial charge in [0, 0.05) is 6.54 Å². The number of nitrogens with one attached hydrogen (secondary N) is 1. The van der Waals surface area contributed by atoms with Gasteiger partial charge in [0.15, 0.2) is 0 Å². The van der Waals surface area contributed by atoms with Gasteiger partial charge >= 0.3 is 0 Å². The Labute approximate surface area is 81.3 Å².